The van der Waals surface area contributed by atoms with Crippen molar-refractivity contribution in [1.29, 1.82) is 0 Å². The Balaban J connectivity index is 2.50. The highest BCUT2D eigenvalue weighted by molar-refractivity contribution is 6.02. The summed E-state index contributed by atoms with van der Waals surface area (Å²) < 4.78 is 0. The van der Waals surface area contributed by atoms with E-state index in [9.17, 15) is 9.59 Å². The second-order valence-electron chi connectivity index (χ2n) is 4.32. The molecule has 18 heavy (non-hydrogen) atoms. The first-order valence-corrected chi connectivity index (χ1v) is 5.84. The smallest absolute Gasteiger partial charge is 0.158 e. The molecular formula is C15H15NO2. The number of Topliss-reactive ketones (excluding diaryl/α,β-unsaturated/α-hetero) is 2. The van der Waals surface area contributed by atoms with Crippen LogP contribution >= 0.6 is 0 Å². The van der Waals surface area contributed by atoms with Crippen molar-refractivity contribution in [2.75, 3.05) is 0 Å². The molecule has 2 rings (SSSR count). The van der Waals surface area contributed by atoms with Gasteiger partial charge in [0.15, 0.2) is 11.6 Å². The Morgan fingerprint density at radius 1 is 0.944 bits per heavy atom. The van der Waals surface area contributed by atoms with Crippen molar-refractivity contribution in [2.24, 2.45) is 0 Å². The lowest BCUT2D eigenvalue weighted by Crippen LogP contribution is -2.23. The number of carbonyl (C=O) groups excluding carboxylic acids is 2. The van der Waals surface area contributed by atoms with Crippen LogP contribution in [0.25, 0.3) is 0 Å². The molecule has 1 aliphatic heterocycles. The van der Waals surface area contributed by atoms with Crippen LogP contribution in [0, 0.1) is 0 Å². The van der Waals surface area contributed by atoms with Gasteiger partial charge in [0, 0.05) is 29.5 Å². The van der Waals surface area contributed by atoms with Gasteiger partial charge in [0.05, 0.1) is 0 Å². The van der Waals surface area contributed by atoms with Crippen molar-refractivity contribution >= 4 is 11.6 Å². The number of dihydropyridines is 1. The summed E-state index contributed by atoms with van der Waals surface area (Å²) in [7, 11) is 0. The number of rotatable bonds is 3. The van der Waals surface area contributed by atoms with Crippen LogP contribution in [0.3, 0.4) is 0 Å². The van der Waals surface area contributed by atoms with Crippen LogP contribution in [0.4, 0.5) is 0 Å². The Labute approximate surface area is 106 Å². The molecule has 0 aliphatic carbocycles. The van der Waals surface area contributed by atoms with Crippen LogP contribution in [-0.4, -0.2) is 11.6 Å². The van der Waals surface area contributed by atoms with E-state index in [1.165, 1.54) is 13.8 Å². The molecule has 0 fully saturated rings. The number of allylic oxidation sites excluding steroid dienone is 2. The topological polar surface area (TPSA) is 46.2 Å². The van der Waals surface area contributed by atoms with Crippen molar-refractivity contribution in [3.63, 3.8) is 0 Å². The van der Waals surface area contributed by atoms with Gasteiger partial charge in [-0.15, -0.1) is 0 Å². The number of hydrogen-bond donors (Lipinski definition) is 1. The van der Waals surface area contributed by atoms with Gasteiger partial charge in [0.1, 0.15) is 0 Å². The van der Waals surface area contributed by atoms with E-state index in [-0.39, 0.29) is 17.5 Å². The first-order valence-electron chi connectivity index (χ1n) is 5.84. The van der Waals surface area contributed by atoms with E-state index >= 15 is 0 Å². The van der Waals surface area contributed by atoms with Crippen LogP contribution in [0.2, 0.25) is 0 Å². The summed E-state index contributed by atoms with van der Waals surface area (Å²) in [5, 5.41) is 2.88. The van der Waals surface area contributed by atoms with E-state index in [4.69, 9.17) is 0 Å². The van der Waals surface area contributed by atoms with Crippen molar-refractivity contribution in [1.82, 2.24) is 5.32 Å². The summed E-state index contributed by atoms with van der Waals surface area (Å²) in [5.41, 5.74) is 2.20. The lowest BCUT2D eigenvalue weighted by Gasteiger charge is -2.24. The van der Waals surface area contributed by atoms with Gasteiger partial charge in [-0.05, 0) is 19.4 Å². The molecule has 0 unspecified atom stereocenters. The van der Waals surface area contributed by atoms with Crippen molar-refractivity contribution in [2.45, 2.75) is 19.8 Å². The van der Waals surface area contributed by atoms with Crippen molar-refractivity contribution in [3.05, 3.63) is 59.4 Å². The number of hydrogen-bond acceptors (Lipinski definition) is 3. The van der Waals surface area contributed by atoms with Gasteiger partial charge >= 0.3 is 0 Å². The molecule has 1 N–H and O–H groups in total. The zero-order valence-electron chi connectivity index (χ0n) is 10.4. The van der Waals surface area contributed by atoms with E-state index in [1.54, 1.807) is 12.4 Å². The molecule has 0 saturated heterocycles. The highest BCUT2D eigenvalue weighted by Crippen LogP contribution is 2.34. The Kier molecular flexibility index (Phi) is 3.42. The fraction of sp³-hybridized carbons (Fsp3) is 0.200. The highest BCUT2D eigenvalue weighted by atomic mass is 16.1. The molecule has 0 saturated carbocycles. The van der Waals surface area contributed by atoms with E-state index in [0.717, 1.165) is 5.56 Å². The molecule has 0 aromatic heterocycles. The van der Waals surface area contributed by atoms with Gasteiger partial charge < -0.3 is 5.32 Å². The summed E-state index contributed by atoms with van der Waals surface area (Å²) in [6, 6.07) is 9.60. The van der Waals surface area contributed by atoms with Crippen molar-refractivity contribution < 1.29 is 9.59 Å². The second-order valence-corrected chi connectivity index (χ2v) is 4.32. The fourth-order valence-corrected chi connectivity index (χ4v) is 2.17. The zero-order valence-corrected chi connectivity index (χ0v) is 10.4. The van der Waals surface area contributed by atoms with E-state index < -0.39 is 0 Å². The molecule has 3 heteroatoms. The third-order valence-electron chi connectivity index (χ3n) is 3.05. The summed E-state index contributed by atoms with van der Waals surface area (Å²) >= 11 is 0. The molecule has 0 bridgehead atoms. The van der Waals surface area contributed by atoms with Crippen molar-refractivity contribution in [3.8, 4) is 0 Å². The molecule has 0 radical (unpaired) electrons. The normalized spacial score (nSPS) is 15.4. The highest BCUT2D eigenvalue weighted by Gasteiger charge is 2.28. The van der Waals surface area contributed by atoms with E-state index in [0.29, 0.717) is 11.1 Å². The van der Waals surface area contributed by atoms with Gasteiger partial charge in [-0.2, -0.15) is 0 Å². The Bertz CT molecular complexity index is 511. The number of carbonyl (C=O) groups is 2. The SMILES string of the molecule is CC(=O)C1=CNC=C(C(C)=O)C1c1ccccc1. The molecule has 1 aromatic rings. The predicted molar refractivity (Wildman–Crippen MR) is 69.8 cm³/mol. The molecule has 1 aromatic carbocycles. The van der Waals surface area contributed by atoms with Gasteiger partial charge in [-0.3, -0.25) is 9.59 Å². The Hall–Kier alpha value is -2.16. The maximum absolute atomic E-state index is 11.7. The average molecular weight is 241 g/mol. The van der Waals surface area contributed by atoms with Gasteiger partial charge in [-0.25, -0.2) is 0 Å². The van der Waals surface area contributed by atoms with Gasteiger partial charge in [-0.1, -0.05) is 30.3 Å². The summed E-state index contributed by atoms with van der Waals surface area (Å²) in [4.78, 5) is 23.4. The van der Waals surface area contributed by atoms with Gasteiger partial charge in [0.25, 0.3) is 0 Å². The van der Waals surface area contributed by atoms with Crippen LogP contribution in [0.15, 0.2) is 53.9 Å². The Morgan fingerprint density at radius 3 is 1.89 bits per heavy atom. The predicted octanol–water partition coefficient (Wildman–Crippen LogP) is 2.32. The third-order valence-corrected chi connectivity index (χ3v) is 3.05. The molecule has 1 aliphatic rings. The third kappa shape index (κ3) is 2.25. The Morgan fingerprint density at radius 2 is 1.44 bits per heavy atom. The second kappa shape index (κ2) is 5.00. The summed E-state index contributed by atoms with van der Waals surface area (Å²) in [6.07, 6.45) is 3.35. The van der Waals surface area contributed by atoms with Crippen LogP contribution in [0.1, 0.15) is 25.3 Å². The number of ketones is 2. The first-order chi connectivity index (χ1) is 8.61. The molecule has 3 nitrogen and oxygen atoms in total. The fourth-order valence-electron chi connectivity index (χ4n) is 2.17. The van der Waals surface area contributed by atoms with Gasteiger partial charge in [0.2, 0.25) is 0 Å². The zero-order chi connectivity index (χ0) is 13.1. The standard InChI is InChI=1S/C15H15NO2/c1-10(17)13-8-16-9-14(11(2)18)15(13)12-6-4-3-5-7-12/h3-9,15-16H,1-2H3. The first kappa shape index (κ1) is 12.3. The maximum atomic E-state index is 11.7. The van der Waals surface area contributed by atoms with Crippen LogP contribution in [-0.2, 0) is 9.59 Å². The van der Waals surface area contributed by atoms with E-state index in [1.807, 2.05) is 30.3 Å². The average Bonchev–Trinajstić information content (AvgIpc) is 2.38. The maximum Gasteiger partial charge on any atom is 0.158 e. The molecule has 0 spiro atoms. The molecule has 0 atom stereocenters. The lowest BCUT2D eigenvalue weighted by atomic mass is 9.81. The molecule has 0 amide bonds. The quantitative estimate of drug-likeness (QED) is 0.883. The van der Waals surface area contributed by atoms with Crippen LogP contribution < -0.4 is 5.32 Å². The van der Waals surface area contributed by atoms with Crippen LogP contribution in [0.5, 0.6) is 0 Å². The number of nitrogens with one attached hydrogen (secondary N) is 1. The molecule has 92 valence electrons. The summed E-state index contributed by atoms with van der Waals surface area (Å²) in [6.45, 7) is 3.04. The minimum atomic E-state index is -0.262. The lowest BCUT2D eigenvalue weighted by molar-refractivity contribution is -0.114. The monoisotopic (exact) mass is 241 g/mol. The minimum Gasteiger partial charge on any atom is -0.367 e. The molecular weight excluding hydrogens is 226 g/mol. The van der Waals surface area contributed by atoms with E-state index in [2.05, 4.69) is 5.32 Å². The largest absolute Gasteiger partial charge is 0.367 e. The number of benzene rings is 1. The summed E-state index contributed by atoms with van der Waals surface area (Å²) in [5.74, 6) is -0.311. The molecule has 1 heterocycles. The minimum absolute atomic E-state index is 0.0248.